The summed E-state index contributed by atoms with van der Waals surface area (Å²) in [5.74, 6) is 0.762. The largest absolute Gasteiger partial charge is 0.334 e. The standard InChI is InChI=1S/C20H16BrN5O3/c1-12-18(21)13(2)25(23-12)11-14-4-3-5-16(10-14)20-22-19(24-29-20)15-6-8-17(9-7-15)26(27)28/h3-10H,11H2,1-2H3. The number of aromatic nitrogens is 4. The van der Waals surface area contributed by atoms with Crippen LogP contribution in [0.25, 0.3) is 22.8 Å². The first-order valence-electron chi connectivity index (χ1n) is 8.79. The number of halogens is 1. The number of aryl methyl sites for hydroxylation is 1. The molecular weight excluding hydrogens is 438 g/mol. The maximum Gasteiger partial charge on any atom is 0.269 e. The molecular formula is C20H16BrN5O3. The predicted octanol–water partition coefficient (Wildman–Crippen LogP) is 4.94. The smallest absolute Gasteiger partial charge is 0.269 e. The van der Waals surface area contributed by atoms with E-state index in [2.05, 4.69) is 31.2 Å². The number of benzene rings is 2. The fraction of sp³-hybridized carbons (Fsp3) is 0.150. The molecule has 0 radical (unpaired) electrons. The highest BCUT2D eigenvalue weighted by Crippen LogP contribution is 2.25. The summed E-state index contributed by atoms with van der Waals surface area (Å²) in [4.78, 5) is 14.8. The third-order valence-electron chi connectivity index (χ3n) is 4.56. The average molecular weight is 454 g/mol. The molecule has 4 aromatic rings. The molecule has 0 aliphatic heterocycles. The van der Waals surface area contributed by atoms with E-state index < -0.39 is 4.92 Å². The van der Waals surface area contributed by atoms with Crippen LogP contribution in [0.1, 0.15) is 17.0 Å². The number of nitrogens with zero attached hydrogens (tertiary/aromatic N) is 5. The molecule has 9 heteroatoms. The Balaban J connectivity index is 1.59. The third kappa shape index (κ3) is 3.81. The van der Waals surface area contributed by atoms with Gasteiger partial charge in [0.25, 0.3) is 11.6 Å². The Morgan fingerprint density at radius 2 is 1.90 bits per heavy atom. The second-order valence-corrected chi connectivity index (χ2v) is 7.36. The molecule has 0 aliphatic rings. The number of hydrogen-bond donors (Lipinski definition) is 0. The van der Waals surface area contributed by atoms with Gasteiger partial charge in [0.15, 0.2) is 0 Å². The van der Waals surface area contributed by atoms with Gasteiger partial charge in [-0.3, -0.25) is 14.8 Å². The maximum atomic E-state index is 10.8. The van der Waals surface area contributed by atoms with E-state index in [1.165, 1.54) is 12.1 Å². The minimum atomic E-state index is -0.446. The molecule has 8 nitrogen and oxygen atoms in total. The summed E-state index contributed by atoms with van der Waals surface area (Å²) in [6, 6.07) is 13.9. The molecule has 0 bridgehead atoms. The van der Waals surface area contributed by atoms with Crippen molar-refractivity contribution in [2.45, 2.75) is 20.4 Å². The molecule has 4 rings (SSSR count). The Morgan fingerprint density at radius 1 is 1.14 bits per heavy atom. The van der Waals surface area contributed by atoms with E-state index in [-0.39, 0.29) is 5.69 Å². The maximum absolute atomic E-state index is 10.8. The molecule has 0 saturated heterocycles. The van der Waals surface area contributed by atoms with Crippen LogP contribution >= 0.6 is 15.9 Å². The fourth-order valence-corrected chi connectivity index (χ4v) is 3.28. The van der Waals surface area contributed by atoms with Crippen LogP contribution < -0.4 is 0 Å². The Kier molecular flexibility index (Phi) is 4.98. The van der Waals surface area contributed by atoms with Crippen LogP contribution in [0.3, 0.4) is 0 Å². The molecule has 0 amide bonds. The summed E-state index contributed by atoms with van der Waals surface area (Å²) >= 11 is 3.55. The minimum absolute atomic E-state index is 0.0148. The average Bonchev–Trinajstić information content (AvgIpc) is 3.30. The van der Waals surface area contributed by atoms with E-state index >= 15 is 0 Å². The van der Waals surface area contributed by atoms with Crippen molar-refractivity contribution in [2.24, 2.45) is 0 Å². The Labute approximate surface area is 174 Å². The van der Waals surface area contributed by atoms with Crippen molar-refractivity contribution in [1.82, 2.24) is 19.9 Å². The molecule has 2 aromatic carbocycles. The van der Waals surface area contributed by atoms with Crippen LogP contribution in [0, 0.1) is 24.0 Å². The van der Waals surface area contributed by atoms with Gasteiger partial charge in [0.05, 0.1) is 27.3 Å². The molecule has 146 valence electrons. The van der Waals surface area contributed by atoms with E-state index in [1.807, 2.05) is 42.8 Å². The van der Waals surface area contributed by atoms with Gasteiger partial charge in [0.1, 0.15) is 0 Å². The van der Waals surface area contributed by atoms with Gasteiger partial charge in [-0.25, -0.2) is 0 Å². The molecule has 0 unspecified atom stereocenters. The van der Waals surface area contributed by atoms with Crippen LogP contribution in [0.5, 0.6) is 0 Å². The molecule has 0 aliphatic carbocycles. The monoisotopic (exact) mass is 453 g/mol. The first-order chi connectivity index (χ1) is 13.9. The van der Waals surface area contributed by atoms with Crippen LogP contribution in [0.2, 0.25) is 0 Å². The van der Waals surface area contributed by atoms with Gasteiger partial charge in [-0.1, -0.05) is 17.3 Å². The van der Waals surface area contributed by atoms with Gasteiger partial charge < -0.3 is 4.52 Å². The second kappa shape index (κ2) is 7.59. The number of nitro groups is 1. The lowest BCUT2D eigenvalue weighted by atomic mass is 10.1. The van der Waals surface area contributed by atoms with Gasteiger partial charge in [-0.2, -0.15) is 10.1 Å². The van der Waals surface area contributed by atoms with Gasteiger partial charge >= 0.3 is 0 Å². The Morgan fingerprint density at radius 3 is 2.55 bits per heavy atom. The molecule has 2 heterocycles. The summed E-state index contributed by atoms with van der Waals surface area (Å²) in [7, 11) is 0. The van der Waals surface area contributed by atoms with Crippen LogP contribution in [-0.2, 0) is 6.54 Å². The molecule has 0 N–H and O–H groups in total. The lowest BCUT2D eigenvalue weighted by Gasteiger charge is -2.06. The molecule has 0 atom stereocenters. The molecule has 0 fully saturated rings. The SMILES string of the molecule is Cc1nn(Cc2cccc(-c3nc(-c4ccc([N+](=O)[O-])cc4)no3)c2)c(C)c1Br. The lowest BCUT2D eigenvalue weighted by Crippen LogP contribution is -2.04. The highest BCUT2D eigenvalue weighted by Gasteiger charge is 2.14. The van der Waals surface area contributed by atoms with Crippen molar-refractivity contribution in [3.05, 3.63) is 80.1 Å². The van der Waals surface area contributed by atoms with Crippen molar-refractivity contribution >= 4 is 21.6 Å². The van der Waals surface area contributed by atoms with Crippen LogP contribution in [-0.4, -0.2) is 24.8 Å². The van der Waals surface area contributed by atoms with Crippen molar-refractivity contribution in [1.29, 1.82) is 0 Å². The molecule has 29 heavy (non-hydrogen) atoms. The van der Waals surface area contributed by atoms with Crippen LogP contribution in [0.4, 0.5) is 5.69 Å². The van der Waals surface area contributed by atoms with Crippen molar-refractivity contribution in [3.8, 4) is 22.8 Å². The third-order valence-corrected chi connectivity index (χ3v) is 5.71. The first-order valence-corrected chi connectivity index (χ1v) is 9.59. The zero-order valence-corrected chi connectivity index (χ0v) is 17.3. The predicted molar refractivity (Wildman–Crippen MR) is 110 cm³/mol. The molecule has 0 spiro atoms. The first kappa shape index (κ1) is 19.0. The lowest BCUT2D eigenvalue weighted by molar-refractivity contribution is -0.384. The van der Waals surface area contributed by atoms with Gasteiger partial charge in [-0.15, -0.1) is 0 Å². The highest BCUT2D eigenvalue weighted by atomic mass is 79.9. The van der Waals surface area contributed by atoms with E-state index in [4.69, 9.17) is 4.52 Å². The van der Waals surface area contributed by atoms with Crippen molar-refractivity contribution < 1.29 is 9.45 Å². The zero-order chi connectivity index (χ0) is 20.5. The summed E-state index contributed by atoms with van der Waals surface area (Å²) in [5, 5.41) is 19.3. The van der Waals surface area contributed by atoms with E-state index in [9.17, 15) is 10.1 Å². The van der Waals surface area contributed by atoms with Gasteiger partial charge in [-0.05, 0) is 59.6 Å². The van der Waals surface area contributed by atoms with E-state index in [1.54, 1.807) is 12.1 Å². The quantitative estimate of drug-likeness (QED) is 0.313. The highest BCUT2D eigenvalue weighted by molar-refractivity contribution is 9.10. The van der Waals surface area contributed by atoms with Gasteiger partial charge in [0, 0.05) is 23.3 Å². The number of hydrogen-bond acceptors (Lipinski definition) is 6. The molecule has 0 saturated carbocycles. The second-order valence-electron chi connectivity index (χ2n) is 6.57. The normalized spacial score (nSPS) is 11.0. The summed E-state index contributed by atoms with van der Waals surface area (Å²) in [5.41, 5.74) is 4.52. The number of nitro benzene ring substituents is 1. The Hall–Kier alpha value is -3.33. The Bertz CT molecular complexity index is 1200. The fourth-order valence-electron chi connectivity index (χ4n) is 2.99. The van der Waals surface area contributed by atoms with Gasteiger partial charge in [0.2, 0.25) is 5.82 Å². The van der Waals surface area contributed by atoms with Crippen molar-refractivity contribution in [2.75, 3.05) is 0 Å². The minimum Gasteiger partial charge on any atom is -0.334 e. The number of non-ortho nitro benzene ring substituents is 1. The van der Waals surface area contributed by atoms with Crippen molar-refractivity contribution in [3.63, 3.8) is 0 Å². The topological polar surface area (TPSA) is 99.9 Å². The molecule has 2 aromatic heterocycles. The van der Waals surface area contributed by atoms with E-state index in [0.29, 0.717) is 23.8 Å². The zero-order valence-electron chi connectivity index (χ0n) is 15.7. The van der Waals surface area contributed by atoms with E-state index in [0.717, 1.165) is 27.0 Å². The summed E-state index contributed by atoms with van der Waals surface area (Å²) in [6.45, 7) is 4.60. The summed E-state index contributed by atoms with van der Waals surface area (Å²) in [6.07, 6.45) is 0. The van der Waals surface area contributed by atoms with Crippen LogP contribution in [0.15, 0.2) is 57.5 Å². The summed E-state index contributed by atoms with van der Waals surface area (Å²) < 4.78 is 8.36. The number of rotatable bonds is 5.